The topological polar surface area (TPSA) is 55.8 Å². The molecule has 2 atom stereocenters. The fourth-order valence-electron chi connectivity index (χ4n) is 3.87. The molecule has 2 aliphatic heterocycles. The van der Waals surface area contributed by atoms with E-state index in [4.69, 9.17) is 9.47 Å². The van der Waals surface area contributed by atoms with Crippen molar-refractivity contribution >= 4 is 11.9 Å². The summed E-state index contributed by atoms with van der Waals surface area (Å²) < 4.78 is 23.3. The molecule has 26 heavy (non-hydrogen) atoms. The molecule has 2 saturated heterocycles. The van der Waals surface area contributed by atoms with Crippen LogP contribution in [-0.2, 0) is 20.9 Å². The normalized spacial score (nSPS) is 25.0. The number of hydrogen-bond acceptors (Lipinski definition) is 4. The van der Waals surface area contributed by atoms with Gasteiger partial charge in [-0.15, -0.1) is 0 Å². The van der Waals surface area contributed by atoms with Crippen molar-refractivity contribution in [3.63, 3.8) is 0 Å². The number of ether oxygens (including phenoxy) is 2. The van der Waals surface area contributed by atoms with Crippen molar-refractivity contribution in [2.24, 2.45) is 5.92 Å². The van der Waals surface area contributed by atoms with Crippen LogP contribution in [0, 0.1) is 5.92 Å². The van der Waals surface area contributed by atoms with Gasteiger partial charge in [-0.25, -0.2) is 4.79 Å². The second kappa shape index (κ2) is 9.12. The van der Waals surface area contributed by atoms with E-state index >= 15 is 0 Å². The number of alkyl halides is 1. The molecule has 2 bridgehead atoms. The van der Waals surface area contributed by atoms with Crippen LogP contribution in [0.2, 0.25) is 0 Å². The smallest absolute Gasteiger partial charge is 0.410 e. The van der Waals surface area contributed by atoms with Crippen molar-refractivity contribution in [2.45, 2.75) is 50.8 Å². The third-order valence-electron chi connectivity index (χ3n) is 5.20. The van der Waals surface area contributed by atoms with Crippen molar-refractivity contribution in [1.82, 2.24) is 4.90 Å². The van der Waals surface area contributed by atoms with E-state index in [2.05, 4.69) is 0 Å². The molecule has 142 valence electrons. The highest BCUT2D eigenvalue weighted by atomic mass is 19.1. The Morgan fingerprint density at radius 1 is 1.12 bits per heavy atom. The van der Waals surface area contributed by atoms with Crippen LogP contribution in [0.4, 0.5) is 9.18 Å². The Morgan fingerprint density at radius 2 is 1.81 bits per heavy atom. The lowest BCUT2D eigenvalue weighted by Gasteiger charge is -2.47. The van der Waals surface area contributed by atoms with Gasteiger partial charge in [-0.05, 0) is 31.2 Å². The van der Waals surface area contributed by atoms with Gasteiger partial charge in [0, 0.05) is 12.3 Å². The predicted octanol–water partition coefficient (Wildman–Crippen LogP) is 3.51. The van der Waals surface area contributed by atoms with E-state index in [1.54, 1.807) is 4.90 Å². The summed E-state index contributed by atoms with van der Waals surface area (Å²) in [6.45, 7) is 0.733. The zero-order valence-electron chi connectivity index (χ0n) is 14.9. The van der Waals surface area contributed by atoms with Gasteiger partial charge in [0.15, 0.2) is 0 Å². The quantitative estimate of drug-likeness (QED) is 0.696. The van der Waals surface area contributed by atoms with Gasteiger partial charge in [0.25, 0.3) is 0 Å². The number of rotatable bonds is 7. The molecule has 1 amide bonds. The standard InChI is InChI=1S/C20H26FNO4/c21-9-5-4-8-19(23)16-10-17-13-25-14-18(11-16)22(17)20(24)26-12-15-6-2-1-3-7-15/h1-3,6-7,16-18H,4-5,8-14H2. The molecule has 2 unspecified atom stereocenters. The first-order chi connectivity index (χ1) is 12.7. The van der Waals surface area contributed by atoms with Gasteiger partial charge in [-0.2, -0.15) is 0 Å². The zero-order valence-corrected chi connectivity index (χ0v) is 14.9. The van der Waals surface area contributed by atoms with Crippen molar-refractivity contribution in [3.8, 4) is 0 Å². The largest absolute Gasteiger partial charge is 0.445 e. The highest BCUT2D eigenvalue weighted by Gasteiger charge is 2.44. The van der Waals surface area contributed by atoms with Gasteiger partial charge in [-0.3, -0.25) is 14.1 Å². The van der Waals surface area contributed by atoms with E-state index < -0.39 is 0 Å². The molecule has 5 nitrogen and oxygen atoms in total. The van der Waals surface area contributed by atoms with Crippen LogP contribution in [0.3, 0.4) is 0 Å². The third kappa shape index (κ3) is 4.61. The first kappa shape index (κ1) is 18.8. The molecule has 0 aliphatic carbocycles. The van der Waals surface area contributed by atoms with E-state index in [-0.39, 0.29) is 43.2 Å². The highest BCUT2D eigenvalue weighted by Crippen LogP contribution is 2.33. The van der Waals surface area contributed by atoms with E-state index in [0.717, 1.165) is 5.56 Å². The van der Waals surface area contributed by atoms with Crippen LogP contribution in [0.25, 0.3) is 0 Å². The zero-order chi connectivity index (χ0) is 18.4. The third-order valence-corrected chi connectivity index (χ3v) is 5.20. The average Bonchev–Trinajstić information content (AvgIpc) is 2.66. The molecule has 0 saturated carbocycles. The Kier molecular flexibility index (Phi) is 6.61. The number of morpholine rings is 1. The Labute approximate surface area is 153 Å². The molecule has 0 radical (unpaired) electrons. The number of carbonyl (C=O) groups is 2. The number of carbonyl (C=O) groups excluding carboxylic acids is 2. The number of hydrogen-bond donors (Lipinski definition) is 0. The van der Waals surface area contributed by atoms with Crippen molar-refractivity contribution < 1.29 is 23.5 Å². The summed E-state index contributed by atoms with van der Waals surface area (Å²) in [5.74, 6) is 0.124. The first-order valence-corrected chi connectivity index (χ1v) is 9.34. The maximum Gasteiger partial charge on any atom is 0.410 e. The fourth-order valence-corrected chi connectivity index (χ4v) is 3.87. The summed E-state index contributed by atoms with van der Waals surface area (Å²) in [6, 6.07) is 9.32. The lowest BCUT2D eigenvalue weighted by Crippen LogP contribution is -2.59. The highest BCUT2D eigenvalue weighted by molar-refractivity contribution is 5.81. The lowest BCUT2D eigenvalue weighted by molar-refractivity contribution is -0.131. The molecule has 0 aromatic heterocycles. The molecule has 2 aliphatic rings. The van der Waals surface area contributed by atoms with Gasteiger partial charge < -0.3 is 9.47 Å². The molecule has 1 aromatic rings. The average molecular weight is 363 g/mol. The number of ketones is 1. The van der Waals surface area contributed by atoms with Gasteiger partial charge in [0.1, 0.15) is 12.4 Å². The molecule has 2 heterocycles. The first-order valence-electron chi connectivity index (χ1n) is 9.34. The van der Waals surface area contributed by atoms with Crippen LogP contribution < -0.4 is 0 Å². The number of Topliss-reactive ketones (excluding diaryl/α,β-unsaturated/α-hetero) is 1. The molecule has 0 spiro atoms. The maximum absolute atomic E-state index is 12.6. The maximum atomic E-state index is 12.6. The molecule has 6 heteroatoms. The molecular weight excluding hydrogens is 337 g/mol. The summed E-state index contributed by atoms with van der Waals surface area (Å²) >= 11 is 0. The number of nitrogens with zero attached hydrogens (tertiary/aromatic N) is 1. The van der Waals surface area contributed by atoms with Crippen molar-refractivity contribution in [3.05, 3.63) is 35.9 Å². The Hall–Kier alpha value is -1.95. The molecular formula is C20H26FNO4. The number of unbranched alkanes of at least 4 members (excludes halogenated alkanes) is 1. The van der Waals surface area contributed by atoms with Crippen LogP contribution in [-0.4, -0.2) is 48.7 Å². The van der Waals surface area contributed by atoms with E-state index in [9.17, 15) is 14.0 Å². The Balaban J connectivity index is 1.56. The SMILES string of the molecule is O=C(CCCCF)C1CC2COCC(C1)N2C(=O)OCc1ccccc1. The van der Waals surface area contributed by atoms with Gasteiger partial charge in [-0.1, -0.05) is 30.3 Å². The molecule has 0 N–H and O–H groups in total. The summed E-state index contributed by atoms with van der Waals surface area (Å²) in [5.41, 5.74) is 0.945. The number of benzene rings is 1. The number of amides is 1. The van der Waals surface area contributed by atoms with Crippen molar-refractivity contribution in [1.29, 1.82) is 0 Å². The summed E-state index contributed by atoms with van der Waals surface area (Å²) in [5, 5.41) is 0. The van der Waals surface area contributed by atoms with E-state index in [1.807, 2.05) is 30.3 Å². The number of fused-ring (bicyclic) bond motifs is 2. The summed E-state index contributed by atoms with van der Waals surface area (Å²) in [7, 11) is 0. The fraction of sp³-hybridized carbons (Fsp3) is 0.600. The summed E-state index contributed by atoms with van der Waals surface area (Å²) in [6.07, 6.45) is 2.33. The van der Waals surface area contributed by atoms with Crippen LogP contribution in [0.1, 0.15) is 37.7 Å². The predicted molar refractivity (Wildman–Crippen MR) is 94.4 cm³/mol. The minimum Gasteiger partial charge on any atom is -0.445 e. The molecule has 3 rings (SSSR count). The molecule has 2 fully saturated rings. The molecule has 1 aromatic carbocycles. The van der Waals surface area contributed by atoms with E-state index in [1.165, 1.54) is 0 Å². The monoisotopic (exact) mass is 363 g/mol. The number of piperidine rings is 1. The van der Waals surface area contributed by atoms with Crippen molar-refractivity contribution in [2.75, 3.05) is 19.9 Å². The minimum absolute atomic E-state index is 0.0633. The second-order valence-corrected chi connectivity index (χ2v) is 7.07. The van der Waals surface area contributed by atoms with Crippen LogP contribution in [0.15, 0.2) is 30.3 Å². The van der Waals surface area contributed by atoms with Gasteiger partial charge in [0.2, 0.25) is 0 Å². The Bertz CT molecular complexity index is 595. The van der Waals surface area contributed by atoms with Crippen LogP contribution >= 0.6 is 0 Å². The second-order valence-electron chi connectivity index (χ2n) is 7.07. The summed E-state index contributed by atoms with van der Waals surface area (Å²) in [4.78, 5) is 26.7. The van der Waals surface area contributed by atoms with Gasteiger partial charge in [0.05, 0.1) is 32.0 Å². The van der Waals surface area contributed by atoms with Crippen LogP contribution in [0.5, 0.6) is 0 Å². The number of halogens is 1. The van der Waals surface area contributed by atoms with E-state index in [0.29, 0.717) is 45.3 Å². The van der Waals surface area contributed by atoms with Gasteiger partial charge >= 0.3 is 6.09 Å². The minimum atomic E-state index is -0.377. The Morgan fingerprint density at radius 3 is 2.46 bits per heavy atom. The lowest BCUT2D eigenvalue weighted by atomic mass is 9.81.